The minimum atomic E-state index is -3.66. The van der Waals surface area contributed by atoms with E-state index in [2.05, 4.69) is 25.3 Å². The summed E-state index contributed by atoms with van der Waals surface area (Å²) in [6.07, 6.45) is 4.72. The van der Waals surface area contributed by atoms with Gasteiger partial charge in [0, 0.05) is 24.8 Å². The molecule has 1 aliphatic rings. The number of aryl methyl sites for hydroxylation is 1. The molecule has 2 heterocycles. The molecule has 4 N–H and O–H groups in total. The van der Waals surface area contributed by atoms with Crippen LogP contribution in [0, 0.1) is 0 Å². The zero-order valence-corrected chi connectivity index (χ0v) is 21.4. The lowest BCUT2D eigenvalue weighted by Gasteiger charge is -2.26. The highest BCUT2D eigenvalue weighted by Crippen LogP contribution is 2.27. The summed E-state index contributed by atoms with van der Waals surface area (Å²) in [5, 5.41) is 16.5. The first-order chi connectivity index (χ1) is 17.9. The third kappa shape index (κ3) is 5.90. The molecule has 194 valence electrons. The van der Waals surface area contributed by atoms with Gasteiger partial charge in [0.05, 0.1) is 17.3 Å². The van der Waals surface area contributed by atoms with Crippen molar-refractivity contribution in [3.8, 4) is 0 Å². The predicted octanol–water partition coefficient (Wildman–Crippen LogP) is 3.78. The van der Waals surface area contributed by atoms with Crippen LogP contribution in [-0.2, 0) is 23.1 Å². The highest BCUT2D eigenvalue weighted by Gasteiger charge is 2.21. The number of sulfonamides is 1. The van der Waals surface area contributed by atoms with Crippen molar-refractivity contribution in [3.63, 3.8) is 0 Å². The summed E-state index contributed by atoms with van der Waals surface area (Å²) in [4.78, 5) is 14.1. The van der Waals surface area contributed by atoms with Gasteiger partial charge < -0.3 is 20.3 Å². The summed E-state index contributed by atoms with van der Waals surface area (Å²) in [5.41, 5.74) is 2.91. The summed E-state index contributed by atoms with van der Waals surface area (Å²) in [6, 6.07) is 16.1. The molecule has 0 amide bonds. The van der Waals surface area contributed by atoms with Crippen LogP contribution in [-0.4, -0.2) is 45.2 Å². The van der Waals surface area contributed by atoms with E-state index in [9.17, 15) is 13.5 Å². The van der Waals surface area contributed by atoms with Gasteiger partial charge in [-0.15, -0.1) is 0 Å². The standard InChI is InChI=1S/C26H31N7O3S/c1-2-33-17-27-23-24(31-26(32-25(23)33)30-20-8-12-21(34)13-9-20)29-19-10-14-22(15-11-19)37(35,36)28-16-18-6-4-3-5-7-18/h3-7,10-11,14-15,17,20-21,28,34H,2,8-9,12-13,16H2,1H3,(H2,29,30,31,32). The third-order valence-electron chi connectivity index (χ3n) is 6.57. The van der Waals surface area contributed by atoms with Gasteiger partial charge in [-0.1, -0.05) is 30.3 Å². The first kappa shape index (κ1) is 25.1. The van der Waals surface area contributed by atoms with Crippen molar-refractivity contribution in [1.82, 2.24) is 24.2 Å². The van der Waals surface area contributed by atoms with Crippen LogP contribution >= 0.6 is 0 Å². The molecule has 37 heavy (non-hydrogen) atoms. The largest absolute Gasteiger partial charge is 0.393 e. The molecule has 10 nitrogen and oxygen atoms in total. The maximum Gasteiger partial charge on any atom is 0.240 e. The molecular formula is C26H31N7O3S. The van der Waals surface area contributed by atoms with Gasteiger partial charge in [0.2, 0.25) is 16.0 Å². The van der Waals surface area contributed by atoms with E-state index in [1.807, 2.05) is 41.8 Å². The van der Waals surface area contributed by atoms with Crippen molar-refractivity contribution >= 4 is 38.6 Å². The van der Waals surface area contributed by atoms with Gasteiger partial charge in [-0.05, 0) is 62.4 Å². The average Bonchev–Trinajstić information content (AvgIpc) is 3.33. The molecule has 1 saturated carbocycles. The van der Waals surface area contributed by atoms with Gasteiger partial charge in [0.25, 0.3) is 0 Å². The molecule has 1 fully saturated rings. The summed E-state index contributed by atoms with van der Waals surface area (Å²) >= 11 is 0. The van der Waals surface area contributed by atoms with Crippen molar-refractivity contribution in [1.29, 1.82) is 0 Å². The number of aliphatic hydroxyl groups is 1. The fourth-order valence-corrected chi connectivity index (χ4v) is 5.46. The van der Waals surface area contributed by atoms with E-state index in [-0.39, 0.29) is 23.6 Å². The van der Waals surface area contributed by atoms with Crippen molar-refractivity contribution < 1.29 is 13.5 Å². The summed E-state index contributed by atoms with van der Waals surface area (Å²) in [5.74, 6) is 1.03. The van der Waals surface area contributed by atoms with Crippen LogP contribution in [0.3, 0.4) is 0 Å². The Kier molecular flexibility index (Phi) is 7.36. The van der Waals surface area contributed by atoms with Crippen LogP contribution < -0.4 is 15.4 Å². The number of aliphatic hydroxyl groups excluding tert-OH is 1. The molecule has 2 aromatic heterocycles. The lowest BCUT2D eigenvalue weighted by molar-refractivity contribution is 0.126. The van der Waals surface area contributed by atoms with Crippen LogP contribution in [0.15, 0.2) is 65.8 Å². The Balaban J connectivity index is 1.34. The molecule has 0 spiro atoms. The van der Waals surface area contributed by atoms with Gasteiger partial charge in [-0.3, -0.25) is 0 Å². The van der Waals surface area contributed by atoms with E-state index in [0.29, 0.717) is 35.2 Å². The van der Waals surface area contributed by atoms with Crippen LogP contribution in [0.4, 0.5) is 17.5 Å². The molecule has 0 radical (unpaired) electrons. The zero-order valence-electron chi connectivity index (χ0n) is 20.6. The molecule has 0 unspecified atom stereocenters. The van der Waals surface area contributed by atoms with Crippen molar-refractivity contribution in [3.05, 3.63) is 66.5 Å². The third-order valence-corrected chi connectivity index (χ3v) is 7.99. The number of aromatic nitrogens is 4. The Hall–Kier alpha value is -3.54. The average molecular weight is 522 g/mol. The van der Waals surface area contributed by atoms with Crippen LogP contribution in [0.5, 0.6) is 0 Å². The predicted molar refractivity (Wildman–Crippen MR) is 143 cm³/mol. The van der Waals surface area contributed by atoms with Crippen LogP contribution in [0.2, 0.25) is 0 Å². The Morgan fingerprint density at radius 1 is 1.00 bits per heavy atom. The normalized spacial score (nSPS) is 18.1. The number of hydrogen-bond donors (Lipinski definition) is 4. The number of nitrogens with zero attached hydrogens (tertiary/aromatic N) is 4. The molecule has 2 aromatic carbocycles. The second-order valence-electron chi connectivity index (χ2n) is 9.21. The summed E-state index contributed by atoms with van der Waals surface area (Å²) in [6.45, 7) is 2.96. The molecule has 1 aliphatic carbocycles. The summed E-state index contributed by atoms with van der Waals surface area (Å²) < 4.78 is 30.1. The van der Waals surface area contributed by atoms with Gasteiger partial charge >= 0.3 is 0 Å². The van der Waals surface area contributed by atoms with E-state index in [0.717, 1.165) is 31.2 Å². The number of hydrogen-bond acceptors (Lipinski definition) is 8. The zero-order chi connectivity index (χ0) is 25.8. The molecule has 5 rings (SSSR count). The van der Waals surface area contributed by atoms with Crippen molar-refractivity contribution in [2.75, 3.05) is 10.6 Å². The minimum absolute atomic E-state index is 0.180. The smallest absolute Gasteiger partial charge is 0.240 e. The Morgan fingerprint density at radius 2 is 1.73 bits per heavy atom. The highest BCUT2D eigenvalue weighted by atomic mass is 32.2. The summed E-state index contributed by atoms with van der Waals surface area (Å²) in [7, 11) is -3.66. The minimum Gasteiger partial charge on any atom is -0.393 e. The quantitative estimate of drug-likeness (QED) is 0.261. The van der Waals surface area contributed by atoms with E-state index >= 15 is 0 Å². The van der Waals surface area contributed by atoms with Crippen molar-refractivity contribution in [2.45, 2.75) is 62.7 Å². The van der Waals surface area contributed by atoms with Crippen LogP contribution in [0.1, 0.15) is 38.2 Å². The maximum atomic E-state index is 12.8. The van der Waals surface area contributed by atoms with Gasteiger partial charge in [-0.2, -0.15) is 9.97 Å². The van der Waals surface area contributed by atoms with Gasteiger partial charge in [-0.25, -0.2) is 18.1 Å². The van der Waals surface area contributed by atoms with Gasteiger partial charge in [0.15, 0.2) is 17.0 Å². The molecule has 0 atom stereocenters. The van der Waals surface area contributed by atoms with Crippen molar-refractivity contribution in [2.24, 2.45) is 0 Å². The van der Waals surface area contributed by atoms with E-state index in [1.165, 1.54) is 0 Å². The molecule has 11 heteroatoms. The van der Waals surface area contributed by atoms with E-state index in [1.54, 1.807) is 30.6 Å². The second kappa shape index (κ2) is 10.8. The number of rotatable bonds is 9. The molecular weight excluding hydrogens is 490 g/mol. The number of nitrogens with one attached hydrogen (secondary N) is 3. The molecule has 0 saturated heterocycles. The second-order valence-corrected chi connectivity index (χ2v) is 11.0. The Labute approximate surface area is 216 Å². The lowest BCUT2D eigenvalue weighted by atomic mass is 9.93. The van der Waals surface area contributed by atoms with Crippen LogP contribution in [0.25, 0.3) is 11.2 Å². The SMILES string of the molecule is CCn1cnc2c(Nc3ccc(S(=O)(=O)NCc4ccccc4)cc3)nc(NC3CCC(O)CC3)nc21. The topological polar surface area (TPSA) is 134 Å². The first-order valence-corrected chi connectivity index (χ1v) is 14.0. The number of imidazole rings is 1. The monoisotopic (exact) mass is 521 g/mol. The Morgan fingerprint density at radius 3 is 2.43 bits per heavy atom. The first-order valence-electron chi connectivity index (χ1n) is 12.5. The Bertz CT molecular complexity index is 1450. The van der Waals surface area contributed by atoms with E-state index < -0.39 is 10.0 Å². The molecule has 0 aliphatic heterocycles. The highest BCUT2D eigenvalue weighted by molar-refractivity contribution is 7.89. The molecule has 4 aromatic rings. The number of benzene rings is 2. The number of anilines is 3. The maximum absolute atomic E-state index is 12.8. The molecule has 0 bridgehead atoms. The van der Waals surface area contributed by atoms with E-state index in [4.69, 9.17) is 4.98 Å². The fourth-order valence-electron chi connectivity index (χ4n) is 4.44. The lowest BCUT2D eigenvalue weighted by Crippen LogP contribution is -2.29. The fraction of sp³-hybridized carbons (Fsp3) is 0.346. The number of fused-ring (bicyclic) bond motifs is 1. The van der Waals surface area contributed by atoms with Gasteiger partial charge in [0.1, 0.15) is 0 Å².